The molecule has 1 saturated carbocycles. The number of carbonyl (C=O) groups excluding carboxylic acids is 2. The molecule has 0 bridgehead atoms. The number of nitrogens with one attached hydrogen (secondary N) is 1. The van der Waals surface area contributed by atoms with E-state index in [0.29, 0.717) is 17.1 Å². The van der Waals surface area contributed by atoms with Crippen molar-refractivity contribution < 1.29 is 23.8 Å². The number of methoxy groups -OCH3 is 3. The molecule has 1 atom stereocenters. The second kappa shape index (κ2) is 13.3. The van der Waals surface area contributed by atoms with Gasteiger partial charge in [-0.05, 0) is 59.7 Å². The topological polar surface area (TPSA) is 77.1 Å². The van der Waals surface area contributed by atoms with Gasteiger partial charge in [-0.1, -0.05) is 43.5 Å². The minimum Gasteiger partial charge on any atom is -0.497 e. The number of benzene rings is 2. The van der Waals surface area contributed by atoms with E-state index in [1.54, 1.807) is 38.4 Å². The molecule has 1 fully saturated rings. The van der Waals surface area contributed by atoms with Crippen LogP contribution in [0.15, 0.2) is 60.0 Å². The normalized spacial score (nSPS) is 14.4. The van der Waals surface area contributed by atoms with E-state index in [2.05, 4.69) is 5.32 Å². The zero-order valence-corrected chi connectivity index (χ0v) is 23.1. The van der Waals surface area contributed by atoms with Gasteiger partial charge in [0.15, 0.2) is 11.5 Å². The number of amides is 2. The van der Waals surface area contributed by atoms with Crippen LogP contribution in [0.5, 0.6) is 17.2 Å². The highest BCUT2D eigenvalue weighted by molar-refractivity contribution is 7.10. The fraction of sp³-hybridized carbons (Fsp3) is 0.400. The van der Waals surface area contributed by atoms with Crippen molar-refractivity contribution in [2.75, 3.05) is 21.3 Å². The van der Waals surface area contributed by atoms with E-state index in [-0.39, 0.29) is 30.8 Å². The van der Waals surface area contributed by atoms with Crippen LogP contribution < -0.4 is 19.5 Å². The Labute approximate surface area is 228 Å². The van der Waals surface area contributed by atoms with Gasteiger partial charge in [0.25, 0.3) is 0 Å². The van der Waals surface area contributed by atoms with E-state index in [0.717, 1.165) is 41.9 Å². The molecule has 1 heterocycles. The van der Waals surface area contributed by atoms with Gasteiger partial charge in [-0.2, -0.15) is 0 Å². The summed E-state index contributed by atoms with van der Waals surface area (Å²) in [6.07, 6.45) is 5.50. The zero-order chi connectivity index (χ0) is 26.9. The highest BCUT2D eigenvalue weighted by atomic mass is 32.1. The Bertz CT molecular complexity index is 1190. The fourth-order valence-corrected chi connectivity index (χ4v) is 5.63. The Morgan fingerprint density at radius 2 is 1.68 bits per heavy atom. The van der Waals surface area contributed by atoms with Gasteiger partial charge in [-0.15, -0.1) is 11.3 Å². The van der Waals surface area contributed by atoms with Crippen molar-refractivity contribution in [1.82, 2.24) is 10.2 Å². The molecule has 0 spiro atoms. The number of hydrogen-bond acceptors (Lipinski definition) is 6. The van der Waals surface area contributed by atoms with Crippen molar-refractivity contribution in [3.05, 3.63) is 76.0 Å². The summed E-state index contributed by atoms with van der Waals surface area (Å²) >= 11 is 1.53. The first-order chi connectivity index (χ1) is 18.5. The third-order valence-electron chi connectivity index (χ3n) is 6.97. The third kappa shape index (κ3) is 6.86. The number of carbonyl (C=O) groups is 2. The Balaban J connectivity index is 1.74. The lowest BCUT2D eigenvalue weighted by Gasteiger charge is -2.34. The monoisotopic (exact) mass is 536 g/mol. The highest BCUT2D eigenvalue weighted by Crippen LogP contribution is 2.34. The molecule has 1 aliphatic rings. The maximum absolute atomic E-state index is 14.0. The maximum atomic E-state index is 14.0. The molecule has 0 saturated heterocycles. The first-order valence-electron chi connectivity index (χ1n) is 13.0. The SMILES string of the molecule is COc1ccc(CN(C(=O)Cc2cccs2)C(C(=O)NC2CCCCC2)c2ccc(OC)c(OC)c2)cc1. The predicted octanol–water partition coefficient (Wildman–Crippen LogP) is 5.54. The summed E-state index contributed by atoms with van der Waals surface area (Å²) in [7, 11) is 4.76. The van der Waals surface area contributed by atoms with E-state index in [1.165, 1.54) is 17.8 Å². The summed E-state index contributed by atoms with van der Waals surface area (Å²) in [5.41, 5.74) is 1.57. The molecule has 2 aromatic carbocycles. The van der Waals surface area contributed by atoms with Crippen LogP contribution in [-0.4, -0.2) is 44.1 Å². The van der Waals surface area contributed by atoms with Crippen LogP contribution in [0, 0.1) is 0 Å². The number of thiophene rings is 1. The molecule has 0 aliphatic heterocycles. The molecule has 1 aromatic heterocycles. The lowest BCUT2D eigenvalue weighted by molar-refractivity contribution is -0.141. The number of hydrogen-bond donors (Lipinski definition) is 1. The first kappa shape index (κ1) is 27.5. The molecule has 4 rings (SSSR count). The molecule has 1 unspecified atom stereocenters. The second-order valence-corrected chi connectivity index (χ2v) is 10.5. The van der Waals surface area contributed by atoms with Gasteiger partial charge in [0.1, 0.15) is 11.8 Å². The van der Waals surface area contributed by atoms with Crippen LogP contribution in [-0.2, 0) is 22.6 Å². The number of ether oxygens (including phenoxy) is 3. The Morgan fingerprint density at radius 1 is 0.947 bits per heavy atom. The Hall–Kier alpha value is -3.52. The van der Waals surface area contributed by atoms with Gasteiger partial charge >= 0.3 is 0 Å². The van der Waals surface area contributed by atoms with Gasteiger partial charge in [-0.25, -0.2) is 0 Å². The van der Waals surface area contributed by atoms with Crippen molar-refractivity contribution in [3.8, 4) is 17.2 Å². The quantitative estimate of drug-likeness (QED) is 0.348. The standard InChI is InChI=1S/C30H36N2O5S/c1-35-24-14-11-21(12-15-24)20-32(28(33)19-25-10-7-17-38-25)29(30(34)31-23-8-5-4-6-9-23)22-13-16-26(36-2)27(18-22)37-3/h7,10-18,23,29H,4-6,8-9,19-20H2,1-3H3,(H,31,34). The molecule has 2 amide bonds. The molecule has 3 aromatic rings. The van der Waals surface area contributed by atoms with E-state index < -0.39 is 6.04 Å². The number of nitrogens with zero attached hydrogens (tertiary/aromatic N) is 1. The first-order valence-corrected chi connectivity index (χ1v) is 13.9. The summed E-state index contributed by atoms with van der Waals surface area (Å²) < 4.78 is 16.3. The zero-order valence-electron chi connectivity index (χ0n) is 22.3. The highest BCUT2D eigenvalue weighted by Gasteiger charge is 2.34. The van der Waals surface area contributed by atoms with E-state index in [4.69, 9.17) is 14.2 Å². The van der Waals surface area contributed by atoms with Crippen LogP contribution in [0.1, 0.15) is 54.1 Å². The summed E-state index contributed by atoms with van der Waals surface area (Å²) in [5, 5.41) is 5.22. The second-order valence-electron chi connectivity index (χ2n) is 9.49. The Morgan fingerprint density at radius 3 is 2.32 bits per heavy atom. The molecular weight excluding hydrogens is 500 g/mol. The molecule has 0 radical (unpaired) electrons. The van der Waals surface area contributed by atoms with E-state index >= 15 is 0 Å². The lowest BCUT2D eigenvalue weighted by atomic mass is 9.94. The summed E-state index contributed by atoms with van der Waals surface area (Å²) in [5.74, 6) is 1.50. The van der Waals surface area contributed by atoms with E-state index in [9.17, 15) is 9.59 Å². The van der Waals surface area contributed by atoms with Crippen LogP contribution in [0.4, 0.5) is 0 Å². The van der Waals surface area contributed by atoms with E-state index in [1.807, 2.05) is 47.8 Å². The van der Waals surface area contributed by atoms with Crippen molar-refractivity contribution in [2.24, 2.45) is 0 Å². The maximum Gasteiger partial charge on any atom is 0.247 e. The van der Waals surface area contributed by atoms with Crippen molar-refractivity contribution in [3.63, 3.8) is 0 Å². The lowest BCUT2D eigenvalue weighted by Crippen LogP contribution is -2.47. The van der Waals surface area contributed by atoms with Gasteiger partial charge in [0, 0.05) is 17.5 Å². The molecule has 202 valence electrons. The molecule has 38 heavy (non-hydrogen) atoms. The average molecular weight is 537 g/mol. The molecular formula is C30H36N2O5S. The minimum atomic E-state index is -0.841. The van der Waals surface area contributed by atoms with Gasteiger partial charge in [0.2, 0.25) is 11.8 Å². The van der Waals surface area contributed by atoms with Gasteiger partial charge in [-0.3, -0.25) is 9.59 Å². The van der Waals surface area contributed by atoms with Crippen LogP contribution >= 0.6 is 11.3 Å². The fourth-order valence-electron chi connectivity index (χ4n) is 4.94. The largest absolute Gasteiger partial charge is 0.497 e. The molecule has 1 aliphatic carbocycles. The van der Waals surface area contributed by atoms with Crippen molar-refractivity contribution in [1.29, 1.82) is 0 Å². The van der Waals surface area contributed by atoms with Gasteiger partial charge < -0.3 is 24.4 Å². The van der Waals surface area contributed by atoms with Gasteiger partial charge in [0.05, 0.1) is 27.8 Å². The molecule has 7 nitrogen and oxygen atoms in total. The molecule has 8 heteroatoms. The van der Waals surface area contributed by atoms with Crippen molar-refractivity contribution >= 4 is 23.2 Å². The third-order valence-corrected chi connectivity index (χ3v) is 7.85. The van der Waals surface area contributed by atoms with Crippen LogP contribution in [0.3, 0.4) is 0 Å². The average Bonchev–Trinajstić information content (AvgIpc) is 3.46. The predicted molar refractivity (Wildman–Crippen MR) is 149 cm³/mol. The van der Waals surface area contributed by atoms with Crippen molar-refractivity contribution in [2.45, 2.75) is 57.2 Å². The molecule has 1 N–H and O–H groups in total. The summed E-state index contributed by atoms with van der Waals surface area (Å²) in [6.45, 7) is 0.269. The minimum absolute atomic E-state index is 0.106. The number of rotatable bonds is 11. The summed E-state index contributed by atoms with van der Waals surface area (Å²) in [6, 6.07) is 16.1. The Kier molecular flexibility index (Phi) is 9.65. The summed E-state index contributed by atoms with van der Waals surface area (Å²) in [4.78, 5) is 30.5. The van der Waals surface area contributed by atoms with Crippen LogP contribution in [0.25, 0.3) is 0 Å². The van der Waals surface area contributed by atoms with Crippen LogP contribution in [0.2, 0.25) is 0 Å². The smallest absolute Gasteiger partial charge is 0.247 e.